The predicted octanol–water partition coefficient (Wildman–Crippen LogP) is 11.6. The van der Waals surface area contributed by atoms with E-state index >= 15 is 0 Å². The Morgan fingerprint density at radius 3 is 1.62 bits per heavy atom. The van der Waals surface area contributed by atoms with Crippen molar-refractivity contribution in [3.63, 3.8) is 0 Å². The second-order valence-corrected chi connectivity index (χ2v) is 35.8. The van der Waals surface area contributed by atoms with Gasteiger partial charge in [-0.25, -0.2) is 0 Å². The molecule has 266 valence electrons. The fourth-order valence-electron chi connectivity index (χ4n) is 8.38. The van der Waals surface area contributed by atoms with E-state index in [1.165, 1.54) is 76.8 Å². The Labute approximate surface area is 317 Å². The van der Waals surface area contributed by atoms with Crippen LogP contribution in [0.5, 0.6) is 0 Å². The van der Waals surface area contributed by atoms with E-state index in [2.05, 4.69) is 152 Å². The molecule has 0 atom stereocenters. The summed E-state index contributed by atoms with van der Waals surface area (Å²) < 4.78 is 11.9. The first-order chi connectivity index (χ1) is 22.8. The second-order valence-electron chi connectivity index (χ2n) is 17.0. The summed E-state index contributed by atoms with van der Waals surface area (Å²) in [5.41, 5.74) is 11.7. The molecule has 0 N–H and O–H groups in total. The van der Waals surface area contributed by atoms with Crippen LogP contribution in [-0.2, 0) is 48.1 Å². The number of aryl methyl sites for hydroxylation is 2. The van der Waals surface area contributed by atoms with Crippen molar-refractivity contribution in [2.75, 3.05) is 0 Å². The first kappa shape index (κ1) is 40.5. The zero-order chi connectivity index (χ0) is 34.3. The third kappa shape index (κ3) is 7.06. The van der Waals surface area contributed by atoms with Gasteiger partial charge in [-0.1, -0.05) is 0 Å². The maximum atomic E-state index is 5.81. The van der Waals surface area contributed by atoms with Crippen molar-refractivity contribution >= 4 is 39.0 Å². The molecule has 0 amide bonds. The van der Waals surface area contributed by atoms with Crippen LogP contribution < -0.4 is 9.96 Å². The summed E-state index contributed by atoms with van der Waals surface area (Å²) in [4.78, 5) is 0. The Morgan fingerprint density at radius 2 is 1.16 bits per heavy atom. The molecule has 50 heavy (non-hydrogen) atoms. The molecule has 0 bridgehead atoms. The number of fused-ring (bicyclic) bond motifs is 3. The van der Waals surface area contributed by atoms with Gasteiger partial charge in [-0.3, -0.25) is 0 Å². The zero-order valence-corrected chi connectivity index (χ0v) is 37.1. The maximum absolute atomic E-state index is 5.81. The number of rotatable bonds is 10. The SMILES string of the molecule is Cl.Cl.[CH2]=[Hf]([C]1=CC=CC1)([c]1ccc(CCCC)cc1)([c]1ccc(CCCC)cc1)[c]1cc(C(C)(C)C)cc2c1Cc1ccc(C(C)(C)C)cc1-2. The van der Waals surface area contributed by atoms with Crippen LogP contribution in [0.25, 0.3) is 11.1 Å². The topological polar surface area (TPSA) is 0 Å². The van der Waals surface area contributed by atoms with E-state index in [4.69, 9.17) is 4.26 Å². The van der Waals surface area contributed by atoms with Crippen molar-refractivity contribution < 1.29 is 18.0 Å². The van der Waals surface area contributed by atoms with Gasteiger partial charge in [-0.05, 0) is 0 Å². The van der Waals surface area contributed by atoms with Crippen molar-refractivity contribution in [1.29, 1.82) is 0 Å². The standard InChI is InChI=1S/C21H25.2C10H13.C5H5.CH2.2ClH.Hf/c1-20(2,3)16-9-7-14-11-15-8-10-17(21(4,5)6)13-19(15)18(14)12-16;2*1-2-3-7-10-8-5-4-6-9-10;1-2-4-5-3-1;;;;/h7,9-10,12-13H,11H2,1-6H3;2*5-6,8-9H,2-3,7H2,1H3;1-3H,4H2;1H2;2*1H;. The summed E-state index contributed by atoms with van der Waals surface area (Å²) in [6.45, 7) is 18.7. The van der Waals surface area contributed by atoms with Gasteiger partial charge >= 0.3 is 295 Å². The number of hydrogen-bond donors (Lipinski definition) is 0. The van der Waals surface area contributed by atoms with E-state index < -0.39 is 18.0 Å². The molecule has 0 heterocycles. The van der Waals surface area contributed by atoms with Gasteiger partial charge in [-0.2, -0.15) is 0 Å². The van der Waals surface area contributed by atoms with Crippen molar-refractivity contribution in [1.82, 2.24) is 0 Å². The number of benzene rings is 4. The number of hydrogen-bond acceptors (Lipinski definition) is 0. The monoisotopic (exact) mass is 874 g/mol. The number of unbranched alkanes of at least 4 members (excludes halogenated alkanes) is 2. The van der Waals surface area contributed by atoms with E-state index in [1.54, 1.807) is 6.65 Å². The Balaban J connectivity index is 0.00000281. The summed E-state index contributed by atoms with van der Waals surface area (Å²) in [5, 5.41) is 0. The first-order valence-corrected chi connectivity index (χ1v) is 28.4. The van der Waals surface area contributed by atoms with E-state index in [9.17, 15) is 0 Å². The zero-order valence-electron chi connectivity index (χ0n) is 31.9. The molecule has 4 aromatic carbocycles. The van der Waals surface area contributed by atoms with Crippen LogP contribution in [0.3, 0.4) is 0 Å². The van der Waals surface area contributed by atoms with E-state index in [1.807, 2.05) is 0 Å². The van der Waals surface area contributed by atoms with Gasteiger partial charge in [0, 0.05) is 0 Å². The Kier molecular flexibility index (Phi) is 12.4. The van der Waals surface area contributed by atoms with Crippen LogP contribution in [0.1, 0.15) is 121 Å². The summed E-state index contributed by atoms with van der Waals surface area (Å²) in [6, 6.07) is 32.3. The molecule has 0 saturated carbocycles. The third-order valence-electron chi connectivity index (χ3n) is 11.6. The Morgan fingerprint density at radius 1 is 0.640 bits per heavy atom. The van der Waals surface area contributed by atoms with Crippen LogP contribution in [0.15, 0.2) is 100 Å². The first-order valence-electron chi connectivity index (χ1n) is 18.7. The quantitative estimate of drug-likeness (QED) is 0.123. The normalized spacial score (nSPS) is 14.1. The summed E-state index contributed by atoms with van der Waals surface area (Å²) in [6.07, 6.45) is 16.3. The van der Waals surface area contributed by atoms with Gasteiger partial charge in [-0.15, -0.1) is 24.8 Å². The molecular weight excluding hydrogens is 814 g/mol. The van der Waals surface area contributed by atoms with Gasteiger partial charge in [0.15, 0.2) is 0 Å². The molecule has 4 aromatic rings. The molecule has 0 fully saturated rings. The molecule has 3 heteroatoms. The Hall–Kier alpha value is -2.32. The molecular formula is C47H60Cl2Hf. The van der Waals surface area contributed by atoms with Crippen molar-refractivity contribution in [2.24, 2.45) is 0 Å². The average Bonchev–Trinajstić information content (AvgIpc) is 3.74. The van der Waals surface area contributed by atoms with Gasteiger partial charge in [0.1, 0.15) is 0 Å². The predicted molar refractivity (Wildman–Crippen MR) is 225 cm³/mol. The van der Waals surface area contributed by atoms with Crippen LogP contribution in [0.2, 0.25) is 0 Å². The molecule has 0 saturated heterocycles. The van der Waals surface area contributed by atoms with Gasteiger partial charge < -0.3 is 0 Å². The second kappa shape index (κ2) is 15.3. The average molecular weight is 874 g/mol. The van der Waals surface area contributed by atoms with Crippen molar-refractivity contribution in [2.45, 2.75) is 118 Å². The molecule has 0 aliphatic heterocycles. The summed E-state index contributed by atoms with van der Waals surface area (Å²) >= 11 is -4.99. The van der Waals surface area contributed by atoms with Crippen LogP contribution in [-0.4, -0.2) is 4.26 Å². The molecule has 0 spiro atoms. The minimum atomic E-state index is -4.99. The van der Waals surface area contributed by atoms with Crippen LogP contribution in [0, 0.1) is 0 Å². The van der Waals surface area contributed by atoms with Gasteiger partial charge in [0.25, 0.3) is 0 Å². The van der Waals surface area contributed by atoms with Crippen LogP contribution in [0.4, 0.5) is 0 Å². The molecule has 2 aliphatic rings. The Bertz CT molecular complexity index is 1890. The fraction of sp³-hybridized carbons (Fsp3) is 0.383. The van der Waals surface area contributed by atoms with Crippen molar-refractivity contribution in [3.05, 3.63) is 134 Å². The molecule has 0 radical (unpaired) electrons. The van der Waals surface area contributed by atoms with Gasteiger partial charge in [0.05, 0.1) is 0 Å². The van der Waals surface area contributed by atoms with Crippen molar-refractivity contribution in [3.8, 4) is 11.1 Å². The van der Waals surface area contributed by atoms with E-state index in [-0.39, 0.29) is 35.6 Å². The van der Waals surface area contributed by atoms with Crippen LogP contribution >= 0.6 is 24.8 Å². The number of halogens is 2. The van der Waals surface area contributed by atoms with E-state index in [0.29, 0.717) is 0 Å². The fourth-order valence-corrected chi connectivity index (χ4v) is 30.8. The minimum absolute atomic E-state index is 0. The molecule has 2 aliphatic carbocycles. The third-order valence-corrected chi connectivity index (χ3v) is 35.5. The number of allylic oxidation sites excluding steroid dienone is 4. The molecule has 0 unspecified atom stereocenters. The molecule has 0 nitrogen and oxygen atoms in total. The molecule has 6 rings (SSSR count). The van der Waals surface area contributed by atoms with E-state index in [0.717, 1.165) is 25.7 Å². The van der Waals surface area contributed by atoms with Gasteiger partial charge in [0.2, 0.25) is 0 Å². The summed E-state index contributed by atoms with van der Waals surface area (Å²) in [7, 11) is 0. The molecule has 0 aromatic heterocycles. The summed E-state index contributed by atoms with van der Waals surface area (Å²) in [5.74, 6) is 0.